The molecule has 0 fully saturated rings. The summed E-state index contributed by atoms with van der Waals surface area (Å²) in [5.41, 5.74) is 3.60. The first kappa shape index (κ1) is 35.3. The topological polar surface area (TPSA) is 169 Å². The van der Waals surface area contributed by atoms with Crippen LogP contribution in [0.3, 0.4) is 0 Å². The number of hydrogen-bond donors (Lipinski definition) is 6. The fourth-order valence-electron chi connectivity index (χ4n) is 5.97. The summed E-state index contributed by atoms with van der Waals surface area (Å²) in [5, 5.41) is 60.1. The molecule has 0 aliphatic carbocycles. The molecule has 2 heterocycles. The van der Waals surface area contributed by atoms with E-state index in [1.54, 1.807) is 19.1 Å². The van der Waals surface area contributed by atoms with Crippen LogP contribution in [0.25, 0.3) is 33.6 Å². The van der Waals surface area contributed by atoms with Gasteiger partial charge < -0.3 is 20.2 Å². The van der Waals surface area contributed by atoms with Crippen LogP contribution < -0.4 is 10.4 Å². The molecule has 7 rings (SSSR count). The minimum Gasteiger partial charge on any atom is -0.494 e. The first-order valence-corrected chi connectivity index (χ1v) is 21.4. The summed E-state index contributed by atoms with van der Waals surface area (Å²) in [6.07, 6.45) is -1.58. The third kappa shape index (κ3) is 7.46. The summed E-state index contributed by atoms with van der Waals surface area (Å²) in [7, 11) is 0. The van der Waals surface area contributed by atoms with Crippen LogP contribution in [0, 0.1) is 23.6 Å². The lowest BCUT2D eigenvalue weighted by Crippen LogP contribution is -2.54. The lowest BCUT2D eigenvalue weighted by atomic mass is 10.0. The predicted octanol–water partition coefficient (Wildman–Crippen LogP) is 9.83. The first-order valence-electron chi connectivity index (χ1n) is 16.3. The number of halogens is 1. The first-order chi connectivity index (χ1) is 25.7. The molecule has 5 aromatic carbocycles. The number of amidine groups is 2. The molecular formula is C39H31FN8O2S2Si. The zero-order chi connectivity index (χ0) is 37.0. The van der Waals surface area contributed by atoms with Crippen molar-refractivity contribution >= 4 is 88.8 Å². The van der Waals surface area contributed by atoms with Gasteiger partial charge in [0.25, 0.3) is 6.37 Å². The van der Waals surface area contributed by atoms with Crippen LogP contribution in [0.15, 0.2) is 148 Å². The molecule has 14 heteroatoms. The number of hydrogen-bond acceptors (Lipinski definition) is 8. The molecule has 0 aliphatic heterocycles. The normalized spacial score (nSPS) is 12.4. The summed E-state index contributed by atoms with van der Waals surface area (Å²) in [4.78, 5) is 5.85. The van der Waals surface area contributed by atoms with Gasteiger partial charge >= 0.3 is 0 Å². The number of para-hydroxylation sites is 2. The smallest absolute Gasteiger partial charge is 0.256 e. The lowest BCUT2D eigenvalue weighted by Gasteiger charge is -2.29. The molecule has 53 heavy (non-hydrogen) atoms. The van der Waals surface area contributed by atoms with Crippen molar-refractivity contribution in [2.75, 3.05) is 0 Å². The van der Waals surface area contributed by atoms with Crippen LogP contribution in [0.2, 0.25) is 0 Å². The van der Waals surface area contributed by atoms with Gasteiger partial charge in [-0.2, -0.15) is 0 Å². The van der Waals surface area contributed by atoms with E-state index in [4.69, 9.17) is 5.41 Å². The maximum Gasteiger partial charge on any atom is 0.256 e. The van der Waals surface area contributed by atoms with Gasteiger partial charge in [0.2, 0.25) is 5.88 Å². The van der Waals surface area contributed by atoms with E-state index < -0.39 is 12.2 Å². The average molecular weight is 755 g/mol. The molecule has 10 nitrogen and oxygen atoms in total. The number of benzene rings is 5. The molecule has 6 N–H and O–H groups in total. The zero-order valence-corrected chi connectivity index (χ0v) is 30.7. The third-order valence-electron chi connectivity index (χ3n) is 8.41. The molecule has 0 amide bonds. The Morgan fingerprint density at radius 1 is 0.679 bits per heavy atom. The van der Waals surface area contributed by atoms with Crippen molar-refractivity contribution in [3.05, 3.63) is 150 Å². The van der Waals surface area contributed by atoms with Crippen molar-refractivity contribution < 1.29 is 14.6 Å². The molecular weight excluding hydrogens is 724 g/mol. The van der Waals surface area contributed by atoms with Crippen LogP contribution >= 0.6 is 22.4 Å². The van der Waals surface area contributed by atoms with Crippen LogP contribution in [-0.2, 0) is 0 Å². The number of aryl methyl sites for hydroxylation is 1. The van der Waals surface area contributed by atoms with Crippen molar-refractivity contribution in [2.45, 2.75) is 6.92 Å². The Kier molecular flexibility index (Phi) is 10.2. The van der Waals surface area contributed by atoms with Gasteiger partial charge in [0.05, 0.1) is 11.2 Å². The fraction of sp³-hybridized carbons (Fsp3) is 0.0256. The SMILES string of the molecule is Cc1cc(F)ccc1/C(=C/c1c(O)[nH]c2ccccc12)N=NC(=N)S[Si](SC(=N)N=Nc1c(O)[nH]c2ccccc12)(c1ccccc1)c1ccccc1. The van der Waals surface area contributed by atoms with Gasteiger partial charge in [-0.3, -0.25) is 10.8 Å². The van der Waals surface area contributed by atoms with E-state index in [2.05, 4.69) is 30.4 Å². The molecule has 0 atom stereocenters. The molecule has 0 unspecified atom stereocenters. The molecule has 0 aliphatic rings. The van der Waals surface area contributed by atoms with Gasteiger partial charge in [0, 0.05) is 27.4 Å². The van der Waals surface area contributed by atoms with Crippen molar-refractivity contribution in [3.63, 3.8) is 0 Å². The Balaban J connectivity index is 1.28. The number of fused-ring (bicyclic) bond motifs is 2. The Morgan fingerprint density at radius 2 is 1.23 bits per heavy atom. The van der Waals surface area contributed by atoms with Gasteiger partial charge in [-0.25, -0.2) is 4.39 Å². The summed E-state index contributed by atoms with van der Waals surface area (Å²) < 4.78 is 14.2. The van der Waals surface area contributed by atoms with E-state index >= 15 is 0 Å². The highest BCUT2D eigenvalue weighted by molar-refractivity contribution is 8.69. The number of aromatic nitrogens is 2. The minimum atomic E-state index is -3.25. The summed E-state index contributed by atoms with van der Waals surface area (Å²) >= 11 is 2.40. The summed E-state index contributed by atoms with van der Waals surface area (Å²) in [6.45, 7) is 1.76. The Labute approximate surface area is 312 Å². The molecule has 262 valence electrons. The van der Waals surface area contributed by atoms with Crippen LogP contribution in [0.4, 0.5) is 10.1 Å². The van der Waals surface area contributed by atoms with E-state index in [0.29, 0.717) is 33.3 Å². The molecule has 0 bridgehead atoms. The number of aromatic amines is 2. The van der Waals surface area contributed by atoms with E-state index in [1.165, 1.54) is 34.6 Å². The third-order valence-corrected chi connectivity index (χ3v) is 18.9. The van der Waals surface area contributed by atoms with Crippen molar-refractivity contribution in [2.24, 2.45) is 20.5 Å². The predicted molar refractivity (Wildman–Crippen MR) is 217 cm³/mol. The summed E-state index contributed by atoms with van der Waals surface area (Å²) in [6, 6.07) is 38.3. The molecule has 7 aromatic rings. The largest absolute Gasteiger partial charge is 0.494 e. The average Bonchev–Trinajstić information content (AvgIpc) is 3.66. The quantitative estimate of drug-likeness (QED) is 0.0393. The highest BCUT2D eigenvalue weighted by Crippen LogP contribution is 2.38. The van der Waals surface area contributed by atoms with Gasteiger partial charge in [-0.05, 0) is 59.3 Å². The van der Waals surface area contributed by atoms with Crippen LogP contribution in [0.5, 0.6) is 11.8 Å². The Morgan fingerprint density at radius 3 is 1.87 bits per heavy atom. The number of nitrogens with one attached hydrogen (secondary N) is 4. The highest BCUT2D eigenvalue weighted by atomic mass is 32.6. The second kappa shape index (κ2) is 15.3. The van der Waals surface area contributed by atoms with Crippen LogP contribution in [-0.4, -0.2) is 36.9 Å². The number of nitrogens with zero attached hydrogens (tertiary/aromatic N) is 4. The number of azo groups is 2. The number of aromatic hydroxyl groups is 2. The van der Waals surface area contributed by atoms with Gasteiger partial charge in [0.15, 0.2) is 21.9 Å². The molecule has 0 spiro atoms. The maximum atomic E-state index is 14.2. The van der Waals surface area contributed by atoms with Gasteiger partial charge in [-0.15, -0.1) is 20.5 Å². The maximum absolute atomic E-state index is 14.2. The van der Waals surface area contributed by atoms with E-state index in [-0.39, 0.29) is 27.8 Å². The second-order valence-electron chi connectivity index (χ2n) is 11.9. The van der Waals surface area contributed by atoms with Crippen molar-refractivity contribution in [1.82, 2.24) is 9.97 Å². The van der Waals surface area contributed by atoms with E-state index in [9.17, 15) is 20.0 Å². The minimum absolute atomic E-state index is 0.0623. The molecule has 2 aromatic heterocycles. The Hall–Kier alpha value is -6.09. The highest BCUT2D eigenvalue weighted by Gasteiger charge is 2.43. The molecule has 0 saturated heterocycles. The van der Waals surface area contributed by atoms with Crippen LogP contribution in [0.1, 0.15) is 16.7 Å². The monoisotopic (exact) mass is 754 g/mol. The zero-order valence-electron chi connectivity index (χ0n) is 28.1. The number of H-pyrrole nitrogens is 2. The van der Waals surface area contributed by atoms with E-state index in [1.807, 2.05) is 109 Å². The summed E-state index contributed by atoms with van der Waals surface area (Å²) in [5.74, 6) is -0.619. The fourth-order valence-corrected chi connectivity index (χ4v) is 15.6. The molecule has 0 radical (unpaired) electrons. The van der Waals surface area contributed by atoms with Gasteiger partial charge in [-0.1, -0.05) is 119 Å². The van der Waals surface area contributed by atoms with Gasteiger partial charge in [0.1, 0.15) is 5.82 Å². The van der Waals surface area contributed by atoms with Crippen molar-refractivity contribution in [1.29, 1.82) is 10.8 Å². The Bertz CT molecular complexity index is 2530. The van der Waals surface area contributed by atoms with E-state index in [0.717, 1.165) is 21.3 Å². The number of rotatable bonds is 8. The molecule has 0 saturated carbocycles. The van der Waals surface area contributed by atoms with Crippen molar-refractivity contribution in [3.8, 4) is 11.8 Å². The second-order valence-corrected chi connectivity index (χ2v) is 21.1. The standard InChI is InChI=1S/C39H31FN8O2S2Si/c1-24-22-25(40)20-21-28(24)34(23-31-29-16-8-10-18-32(29)43-36(31)49)45-47-38(41)51-53(26-12-4-2-5-13-26,27-14-6-3-7-15-27)52-39(42)48-46-35-30-17-9-11-19-33(30)44-37(35)50/h2-23,41-44,49-50H,1H3/b34-23-,41-38?,42-39?,47-45?,48-46?. The lowest BCUT2D eigenvalue weighted by molar-refractivity contribution is 0.457.